The van der Waals surface area contributed by atoms with Crippen LogP contribution in [-0.2, 0) is 4.79 Å². The standard InChI is InChI=1S/C17H21NO/c1-10-4-5-15-13(6-10)7-14-12(3)11(2)8-17(15,9-18)16(14)19/h4-5,10-12,14H,6-8H2,1-3H3/t10?,11-,12-,14+,17-/m0/s1. The van der Waals surface area contributed by atoms with Crippen LogP contribution in [0.3, 0.4) is 0 Å². The van der Waals surface area contributed by atoms with Crippen molar-refractivity contribution in [3.8, 4) is 6.07 Å². The van der Waals surface area contributed by atoms with Crippen LogP contribution in [0.5, 0.6) is 0 Å². The van der Waals surface area contributed by atoms with Crippen molar-refractivity contribution in [2.24, 2.45) is 29.1 Å². The lowest BCUT2D eigenvalue weighted by molar-refractivity contribution is -0.136. The van der Waals surface area contributed by atoms with E-state index in [4.69, 9.17) is 0 Å². The van der Waals surface area contributed by atoms with Gasteiger partial charge < -0.3 is 0 Å². The average molecular weight is 255 g/mol. The van der Waals surface area contributed by atoms with E-state index >= 15 is 0 Å². The number of rotatable bonds is 0. The van der Waals surface area contributed by atoms with Crippen molar-refractivity contribution in [3.05, 3.63) is 23.3 Å². The number of nitrogens with zero attached hydrogens (tertiary/aromatic N) is 1. The number of carbonyl (C=O) groups excluding carboxylic acids is 1. The first-order valence-electron chi connectivity index (χ1n) is 7.36. The molecule has 5 atom stereocenters. The van der Waals surface area contributed by atoms with E-state index in [1.54, 1.807) is 0 Å². The Balaban J connectivity index is 2.16. The van der Waals surface area contributed by atoms with Crippen molar-refractivity contribution in [3.63, 3.8) is 0 Å². The van der Waals surface area contributed by atoms with Gasteiger partial charge in [-0.15, -0.1) is 0 Å². The molecule has 2 nitrogen and oxygen atoms in total. The normalized spacial score (nSPS) is 44.8. The summed E-state index contributed by atoms with van der Waals surface area (Å²) < 4.78 is 0. The average Bonchev–Trinajstić information content (AvgIpc) is 2.39. The molecule has 2 heteroatoms. The zero-order valence-corrected chi connectivity index (χ0v) is 11.9. The lowest BCUT2D eigenvalue weighted by Crippen LogP contribution is -2.50. The third-order valence-electron chi connectivity index (χ3n) is 5.58. The Kier molecular flexibility index (Phi) is 2.71. The second-order valence-electron chi connectivity index (χ2n) is 6.79. The van der Waals surface area contributed by atoms with Gasteiger partial charge in [0, 0.05) is 5.92 Å². The molecule has 0 heterocycles. The fourth-order valence-electron chi connectivity index (χ4n) is 4.25. The highest BCUT2D eigenvalue weighted by Crippen LogP contribution is 2.55. The minimum Gasteiger partial charge on any atom is -0.297 e. The van der Waals surface area contributed by atoms with Gasteiger partial charge in [-0.2, -0.15) is 5.26 Å². The van der Waals surface area contributed by atoms with Crippen LogP contribution in [0, 0.1) is 40.4 Å². The Morgan fingerprint density at radius 1 is 1.32 bits per heavy atom. The van der Waals surface area contributed by atoms with E-state index in [1.165, 1.54) is 5.57 Å². The Morgan fingerprint density at radius 2 is 2.05 bits per heavy atom. The topological polar surface area (TPSA) is 40.9 Å². The molecule has 1 unspecified atom stereocenters. The highest BCUT2D eigenvalue weighted by molar-refractivity contribution is 5.96. The molecule has 0 N–H and O–H groups in total. The summed E-state index contributed by atoms with van der Waals surface area (Å²) in [7, 11) is 0. The van der Waals surface area contributed by atoms with E-state index in [1.807, 2.05) is 0 Å². The molecule has 0 saturated heterocycles. The third-order valence-corrected chi connectivity index (χ3v) is 5.58. The molecule has 0 aromatic heterocycles. The van der Waals surface area contributed by atoms with Crippen LogP contribution in [-0.4, -0.2) is 5.78 Å². The largest absolute Gasteiger partial charge is 0.297 e. The monoisotopic (exact) mass is 255 g/mol. The lowest BCUT2D eigenvalue weighted by Gasteiger charge is -2.48. The molecule has 1 saturated carbocycles. The molecule has 0 aromatic carbocycles. The Hall–Kier alpha value is -1.36. The van der Waals surface area contributed by atoms with Crippen LogP contribution in [0.2, 0.25) is 0 Å². The Morgan fingerprint density at radius 3 is 2.74 bits per heavy atom. The molecule has 1 fully saturated rings. The van der Waals surface area contributed by atoms with Gasteiger partial charge in [-0.3, -0.25) is 4.79 Å². The number of hydrogen-bond acceptors (Lipinski definition) is 2. The predicted molar refractivity (Wildman–Crippen MR) is 74.1 cm³/mol. The molecule has 0 spiro atoms. The first-order valence-corrected chi connectivity index (χ1v) is 7.36. The second-order valence-corrected chi connectivity index (χ2v) is 6.79. The number of ketones is 1. The zero-order chi connectivity index (χ0) is 13.8. The Bertz CT molecular complexity index is 536. The smallest absolute Gasteiger partial charge is 0.161 e. The highest BCUT2D eigenvalue weighted by atomic mass is 16.1. The van der Waals surface area contributed by atoms with Crippen molar-refractivity contribution in [2.45, 2.75) is 40.0 Å². The molecule has 100 valence electrons. The maximum atomic E-state index is 12.8. The van der Waals surface area contributed by atoms with Crippen LogP contribution in [0.25, 0.3) is 0 Å². The van der Waals surface area contributed by atoms with Crippen molar-refractivity contribution < 1.29 is 4.79 Å². The van der Waals surface area contributed by atoms with Crippen LogP contribution in [0.15, 0.2) is 23.3 Å². The van der Waals surface area contributed by atoms with Crippen LogP contribution in [0.4, 0.5) is 0 Å². The SMILES string of the molecule is CC1C=CC2=C(C1)C[C@H]1C(=O)[C@]2(C#N)C[C@H](C)[C@@H]1C. The number of fused-ring (bicyclic) bond motifs is 3. The first-order chi connectivity index (χ1) is 8.99. The second kappa shape index (κ2) is 4.07. The first kappa shape index (κ1) is 12.7. The van der Waals surface area contributed by atoms with E-state index in [0.717, 1.165) is 18.4 Å². The van der Waals surface area contributed by atoms with Gasteiger partial charge >= 0.3 is 0 Å². The van der Waals surface area contributed by atoms with E-state index in [0.29, 0.717) is 24.2 Å². The molecule has 3 rings (SSSR count). The van der Waals surface area contributed by atoms with Crippen LogP contribution in [0.1, 0.15) is 40.0 Å². The molecule has 0 aliphatic heterocycles. The third kappa shape index (κ3) is 1.57. The quantitative estimate of drug-likeness (QED) is 0.663. The van der Waals surface area contributed by atoms with Gasteiger partial charge in [0.1, 0.15) is 5.41 Å². The van der Waals surface area contributed by atoms with E-state index in [2.05, 4.69) is 39.0 Å². The molecule has 0 aromatic rings. The number of carbonyl (C=O) groups is 1. The van der Waals surface area contributed by atoms with Gasteiger partial charge in [0.25, 0.3) is 0 Å². The fourth-order valence-corrected chi connectivity index (χ4v) is 4.25. The summed E-state index contributed by atoms with van der Waals surface area (Å²) in [5, 5.41) is 9.73. The predicted octanol–water partition coefficient (Wildman–Crippen LogP) is 3.65. The van der Waals surface area contributed by atoms with E-state index < -0.39 is 5.41 Å². The van der Waals surface area contributed by atoms with Gasteiger partial charge in [0.15, 0.2) is 5.78 Å². The summed E-state index contributed by atoms with van der Waals surface area (Å²) in [5.74, 6) is 1.66. The molecule has 3 aliphatic rings. The lowest BCUT2D eigenvalue weighted by atomic mass is 9.52. The molecule has 2 bridgehead atoms. The van der Waals surface area contributed by atoms with Crippen molar-refractivity contribution in [1.29, 1.82) is 5.26 Å². The van der Waals surface area contributed by atoms with E-state index in [-0.39, 0.29) is 11.7 Å². The number of Topliss-reactive ketones (excluding diaryl/α,β-unsaturated/α-hetero) is 1. The van der Waals surface area contributed by atoms with Gasteiger partial charge in [-0.05, 0) is 42.6 Å². The van der Waals surface area contributed by atoms with Crippen LogP contribution < -0.4 is 0 Å². The molecule has 3 aliphatic carbocycles. The molecule has 19 heavy (non-hydrogen) atoms. The number of nitriles is 1. The highest BCUT2D eigenvalue weighted by Gasteiger charge is 2.55. The summed E-state index contributed by atoms with van der Waals surface area (Å²) in [6, 6.07) is 2.40. The van der Waals surface area contributed by atoms with Crippen molar-refractivity contribution in [2.75, 3.05) is 0 Å². The van der Waals surface area contributed by atoms with Crippen LogP contribution >= 0.6 is 0 Å². The van der Waals surface area contributed by atoms with Crippen molar-refractivity contribution in [1.82, 2.24) is 0 Å². The molecule has 0 radical (unpaired) electrons. The zero-order valence-electron chi connectivity index (χ0n) is 11.9. The summed E-state index contributed by atoms with van der Waals surface area (Å²) in [6.45, 7) is 6.58. The summed E-state index contributed by atoms with van der Waals surface area (Å²) in [4.78, 5) is 12.8. The van der Waals surface area contributed by atoms with Gasteiger partial charge in [-0.25, -0.2) is 0 Å². The summed E-state index contributed by atoms with van der Waals surface area (Å²) >= 11 is 0. The minimum absolute atomic E-state index is 0.0702. The fraction of sp³-hybridized carbons (Fsp3) is 0.647. The van der Waals surface area contributed by atoms with Gasteiger partial charge in [-0.1, -0.05) is 38.5 Å². The van der Waals surface area contributed by atoms with Gasteiger partial charge in [0.2, 0.25) is 0 Å². The van der Waals surface area contributed by atoms with Gasteiger partial charge in [0.05, 0.1) is 6.07 Å². The molecule has 0 amide bonds. The van der Waals surface area contributed by atoms with E-state index in [9.17, 15) is 10.1 Å². The van der Waals surface area contributed by atoms with Crippen molar-refractivity contribution >= 4 is 5.78 Å². The summed E-state index contributed by atoms with van der Waals surface area (Å²) in [6.07, 6.45) is 6.85. The minimum atomic E-state index is -0.833. The maximum absolute atomic E-state index is 12.8. The Labute approximate surface area is 115 Å². The summed E-state index contributed by atoms with van der Waals surface area (Å²) in [5.41, 5.74) is 1.59. The molecular formula is C17H21NO. The number of hydrogen-bond donors (Lipinski definition) is 0. The number of allylic oxidation sites excluding steroid dienone is 4. The molecular weight excluding hydrogens is 234 g/mol. The maximum Gasteiger partial charge on any atom is 0.161 e.